The van der Waals surface area contributed by atoms with Gasteiger partial charge in [0, 0.05) is 4.88 Å². The number of hydrazone groups is 1. The second kappa shape index (κ2) is 5.64. The summed E-state index contributed by atoms with van der Waals surface area (Å²) in [4.78, 5) is 3.21. The average molecular weight is 345 g/mol. The van der Waals surface area contributed by atoms with Gasteiger partial charge in [0.05, 0.1) is 14.9 Å². The summed E-state index contributed by atoms with van der Waals surface area (Å²) < 4.78 is 24.6. The van der Waals surface area contributed by atoms with Crippen molar-refractivity contribution in [2.24, 2.45) is 5.10 Å². The fraction of sp³-hybridized carbons (Fsp3) is 0. The normalized spacial score (nSPS) is 11.8. The van der Waals surface area contributed by atoms with Crippen molar-refractivity contribution in [3.8, 4) is 0 Å². The molecule has 0 spiro atoms. The molecule has 0 radical (unpaired) electrons. The fourth-order valence-electron chi connectivity index (χ4n) is 1.21. The van der Waals surface area contributed by atoms with Gasteiger partial charge in [-0.1, -0.05) is 18.2 Å². The van der Waals surface area contributed by atoms with Gasteiger partial charge in [0.25, 0.3) is 10.0 Å². The average Bonchev–Trinajstić information content (AvgIpc) is 2.76. The van der Waals surface area contributed by atoms with Gasteiger partial charge in [-0.3, -0.25) is 0 Å². The maximum Gasteiger partial charge on any atom is 0.276 e. The Labute approximate surface area is 118 Å². The van der Waals surface area contributed by atoms with Gasteiger partial charge in [0.2, 0.25) is 0 Å². The third kappa shape index (κ3) is 3.41. The van der Waals surface area contributed by atoms with Crippen LogP contribution in [0.5, 0.6) is 0 Å². The number of nitrogens with one attached hydrogen (secondary N) is 1. The number of hydrogen-bond donors (Lipinski definition) is 1. The molecule has 0 aliphatic carbocycles. The monoisotopic (exact) mass is 344 g/mol. The molecule has 0 amide bonds. The molecule has 0 fully saturated rings. The molecular weight excluding hydrogens is 336 g/mol. The van der Waals surface area contributed by atoms with E-state index in [2.05, 4.69) is 25.9 Å². The Kier molecular flexibility index (Phi) is 4.15. The maximum atomic E-state index is 11.8. The highest BCUT2D eigenvalue weighted by atomic mass is 79.9. The van der Waals surface area contributed by atoms with E-state index < -0.39 is 10.0 Å². The Hall–Kier alpha value is -1.18. The number of rotatable bonds is 4. The van der Waals surface area contributed by atoms with Crippen LogP contribution in [0.15, 0.2) is 56.2 Å². The molecule has 7 heteroatoms. The number of sulfonamides is 1. The lowest BCUT2D eigenvalue weighted by Crippen LogP contribution is -2.18. The zero-order chi connectivity index (χ0) is 13.0. The van der Waals surface area contributed by atoms with Crippen LogP contribution >= 0.6 is 27.3 Å². The Morgan fingerprint density at radius 3 is 2.50 bits per heavy atom. The fourth-order valence-corrected chi connectivity index (χ4v) is 3.32. The van der Waals surface area contributed by atoms with Crippen molar-refractivity contribution < 1.29 is 8.42 Å². The SMILES string of the molecule is O=S(=O)(N/N=C\c1ccc(Br)s1)c1ccccc1. The molecule has 0 unspecified atom stereocenters. The van der Waals surface area contributed by atoms with E-state index in [9.17, 15) is 8.42 Å². The summed E-state index contributed by atoms with van der Waals surface area (Å²) in [7, 11) is -3.58. The summed E-state index contributed by atoms with van der Waals surface area (Å²) in [5.74, 6) is 0. The van der Waals surface area contributed by atoms with E-state index in [1.54, 1.807) is 18.2 Å². The quantitative estimate of drug-likeness (QED) is 0.684. The van der Waals surface area contributed by atoms with Gasteiger partial charge in [0.1, 0.15) is 0 Å². The molecule has 94 valence electrons. The molecule has 2 aromatic rings. The number of hydrogen-bond acceptors (Lipinski definition) is 4. The highest BCUT2D eigenvalue weighted by molar-refractivity contribution is 9.11. The molecule has 0 aliphatic heterocycles. The minimum absolute atomic E-state index is 0.189. The molecule has 0 aliphatic rings. The summed E-state index contributed by atoms with van der Waals surface area (Å²) in [6.07, 6.45) is 1.47. The predicted molar refractivity (Wildman–Crippen MR) is 76.4 cm³/mol. The van der Waals surface area contributed by atoms with E-state index in [-0.39, 0.29) is 4.90 Å². The molecule has 18 heavy (non-hydrogen) atoms. The standard InChI is InChI=1S/C11H9BrN2O2S2/c12-11-7-6-9(17-11)8-13-14-18(15,16)10-4-2-1-3-5-10/h1-8,14H/b13-8-. The van der Waals surface area contributed by atoms with Crippen molar-refractivity contribution in [2.45, 2.75) is 4.90 Å². The second-order valence-electron chi connectivity index (χ2n) is 3.31. The van der Waals surface area contributed by atoms with Gasteiger partial charge >= 0.3 is 0 Å². The van der Waals surface area contributed by atoms with Crippen LogP contribution in [-0.2, 0) is 10.0 Å². The van der Waals surface area contributed by atoms with Crippen molar-refractivity contribution in [1.29, 1.82) is 0 Å². The number of thiophene rings is 1. The first-order chi connectivity index (χ1) is 8.58. The van der Waals surface area contributed by atoms with Gasteiger partial charge in [-0.05, 0) is 40.2 Å². The Morgan fingerprint density at radius 2 is 1.89 bits per heavy atom. The highest BCUT2D eigenvalue weighted by Crippen LogP contribution is 2.20. The smallest absolute Gasteiger partial charge is 0.200 e. The van der Waals surface area contributed by atoms with Gasteiger partial charge in [-0.2, -0.15) is 13.5 Å². The number of halogens is 1. The molecule has 2 rings (SSSR count). The van der Waals surface area contributed by atoms with Crippen molar-refractivity contribution in [3.05, 3.63) is 51.1 Å². The summed E-state index contributed by atoms with van der Waals surface area (Å²) in [5.41, 5.74) is 0. The first-order valence-electron chi connectivity index (χ1n) is 4.93. The van der Waals surface area contributed by atoms with Crippen LogP contribution in [0.4, 0.5) is 0 Å². The van der Waals surface area contributed by atoms with Crippen molar-refractivity contribution in [1.82, 2.24) is 4.83 Å². The summed E-state index contributed by atoms with van der Waals surface area (Å²) in [5, 5.41) is 3.73. The van der Waals surface area contributed by atoms with Crippen LogP contribution in [0, 0.1) is 0 Å². The van der Waals surface area contributed by atoms with Crippen LogP contribution in [0.25, 0.3) is 0 Å². The minimum atomic E-state index is -3.58. The van der Waals surface area contributed by atoms with Gasteiger partial charge < -0.3 is 0 Å². The predicted octanol–water partition coefficient (Wildman–Crippen LogP) is 2.82. The van der Waals surface area contributed by atoms with Crippen LogP contribution in [0.2, 0.25) is 0 Å². The minimum Gasteiger partial charge on any atom is -0.200 e. The Morgan fingerprint density at radius 1 is 1.17 bits per heavy atom. The first-order valence-corrected chi connectivity index (χ1v) is 8.02. The summed E-state index contributed by atoms with van der Waals surface area (Å²) in [6.45, 7) is 0. The van der Waals surface area contributed by atoms with Gasteiger partial charge in [0.15, 0.2) is 0 Å². The van der Waals surface area contributed by atoms with E-state index in [1.807, 2.05) is 12.1 Å². The zero-order valence-corrected chi connectivity index (χ0v) is 12.3. The van der Waals surface area contributed by atoms with E-state index in [0.29, 0.717) is 0 Å². The largest absolute Gasteiger partial charge is 0.276 e. The van der Waals surface area contributed by atoms with E-state index in [1.165, 1.54) is 29.7 Å². The third-order valence-corrected chi connectivity index (χ3v) is 4.81. The van der Waals surface area contributed by atoms with E-state index in [4.69, 9.17) is 0 Å². The van der Waals surface area contributed by atoms with Crippen LogP contribution in [0.3, 0.4) is 0 Å². The molecule has 1 heterocycles. The zero-order valence-electron chi connectivity index (χ0n) is 9.08. The maximum absolute atomic E-state index is 11.8. The lowest BCUT2D eigenvalue weighted by atomic mass is 10.4. The molecular formula is C11H9BrN2O2S2. The molecule has 1 aromatic heterocycles. The van der Waals surface area contributed by atoms with Crippen molar-refractivity contribution in [2.75, 3.05) is 0 Å². The molecule has 1 N–H and O–H groups in total. The number of nitrogens with zero attached hydrogens (tertiary/aromatic N) is 1. The molecule has 0 atom stereocenters. The molecule has 1 aromatic carbocycles. The van der Waals surface area contributed by atoms with E-state index >= 15 is 0 Å². The third-order valence-electron chi connectivity index (χ3n) is 2.01. The Balaban J connectivity index is 2.08. The first kappa shape index (κ1) is 13.3. The lowest BCUT2D eigenvalue weighted by molar-refractivity contribution is 0.584. The Bertz CT molecular complexity index is 651. The van der Waals surface area contributed by atoms with Crippen molar-refractivity contribution in [3.63, 3.8) is 0 Å². The van der Waals surface area contributed by atoms with Crippen LogP contribution < -0.4 is 4.83 Å². The molecule has 0 saturated carbocycles. The second-order valence-corrected chi connectivity index (χ2v) is 7.46. The molecule has 4 nitrogen and oxygen atoms in total. The molecule has 0 bridgehead atoms. The number of benzene rings is 1. The van der Waals surface area contributed by atoms with Crippen LogP contribution in [0.1, 0.15) is 4.88 Å². The van der Waals surface area contributed by atoms with Gasteiger partial charge in [-0.25, -0.2) is 4.83 Å². The van der Waals surface area contributed by atoms with E-state index in [0.717, 1.165) is 8.66 Å². The molecule has 0 saturated heterocycles. The summed E-state index contributed by atoms with van der Waals surface area (Å²) >= 11 is 4.79. The topological polar surface area (TPSA) is 58.5 Å². The lowest BCUT2D eigenvalue weighted by Gasteiger charge is -2.01. The van der Waals surface area contributed by atoms with Crippen molar-refractivity contribution >= 4 is 43.5 Å². The summed E-state index contributed by atoms with van der Waals surface area (Å²) in [6, 6.07) is 11.8. The van der Waals surface area contributed by atoms with Crippen LogP contribution in [-0.4, -0.2) is 14.6 Å². The van der Waals surface area contributed by atoms with Gasteiger partial charge in [-0.15, -0.1) is 11.3 Å². The highest BCUT2D eigenvalue weighted by Gasteiger charge is 2.10.